The number of piperazine rings is 1. The summed E-state index contributed by atoms with van der Waals surface area (Å²) in [6, 6.07) is 3.69. The van der Waals surface area contributed by atoms with Crippen LogP contribution in [0.3, 0.4) is 0 Å². The summed E-state index contributed by atoms with van der Waals surface area (Å²) < 4.78 is 13.4. The Hall–Kier alpha value is -0.510. The maximum Gasteiger partial charge on any atom is 0.126 e. The van der Waals surface area contributed by atoms with Gasteiger partial charge < -0.3 is 4.90 Å². The quantitative estimate of drug-likeness (QED) is 0.807. The molecule has 0 bridgehead atoms. The van der Waals surface area contributed by atoms with Crippen molar-refractivity contribution in [1.29, 1.82) is 0 Å². The molecule has 2 fully saturated rings. The van der Waals surface area contributed by atoms with Gasteiger partial charge in [-0.25, -0.2) is 4.39 Å². The highest BCUT2D eigenvalue weighted by Crippen LogP contribution is 2.39. The van der Waals surface area contributed by atoms with Crippen molar-refractivity contribution >= 4 is 28.9 Å². The van der Waals surface area contributed by atoms with Crippen molar-refractivity contribution in [2.24, 2.45) is 0 Å². The Labute approximate surface area is 129 Å². The average Bonchev–Trinajstić information content (AvgIpc) is 2.83. The van der Waals surface area contributed by atoms with Crippen molar-refractivity contribution in [3.05, 3.63) is 28.0 Å². The van der Waals surface area contributed by atoms with Gasteiger partial charge in [-0.2, -0.15) is 0 Å². The van der Waals surface area contributed by atoms with Crippen molar-refractivity contribution in [3.8, 4) is 0 Å². The van der Waals surface area contributed by atoms with Gasteiger partial charge in [0.25, 0.3) is 0 Å². The van der Waals surface area contributed by atoms with Gasteiger partial charge in [0, 0.05) is 25.2 Å². The zero-order valence-corrected chi connectivity index (χ0v) is 13.1. The molecule has 2 unspecified atom stereocenters. The van der Waals surface area contributed by atoms with E-state index < -0.39 is 0 Å². The lowest BCUT2D eigenvalue weighted by Crippen LogP contribution is -2.56. The Morgan fingerprint density at radius 2 is 1.95 bits per heavy atom. The van der Waals surface area contributed by atoms with Crippen LogP contribution in [0, 0.1) is 5.82 Å². The van der Waals surface area contributed by atoms with Gasteiger partial charge >= 0.3 is 0 Å². The molecule has 0 aromatic heterocycles. The predicted molar refractivity (Wildman–Crippen MR) is 82.4 cm³/mol. The van der Waals surface area contributed by atoms with Crippen LogP contribution in [0.25, 0.3) is 0 Å². The highest BCUT2D eigenvalue weighted by atomic mass is 35.5. The average molecular weight is 317 g/mol. The fourth-order valence-corrected chi connectivity index (χ4v) is 4.20. The summed E-state index contributed by atoms with van der Waals surface area (Å²) in [6.45, 7) is 5.36. The first-order valence-electron chi connectivity index (χ1n) is 7.25. The summed E-state index contributed by atoms with van der Waals surface area (Å²) >= 11 is 12.5. The lowest BCUT2D eigenvalue weighted by Gasteiger charge is -2.45. The number of rotatable bonds is 2. The number of hydrogen-bond acceptors (Lipinski definition) is 2. The molecule has 0 saturated carbocycles. The first-order chi connectivity index (χ1) is 9.60. The van der Waals surface area contributed by atoms with Gasteiger partial charge in [-0.1, -0.05) is 30.1 Å². The van der Waals surface area contributed by atoms with Crippen LogP contribution in [-0.4, -0.2) is 36.6 Å². The molecule has 2 atom stereocenters. The van der Waals surface area contributed by atoms with Crippen LogP contribution in [0.2, 0.25) is 10.0 Å². The Kier molecular flexibility index (Phi) is 4.11. The monoisotopic (exact) mass is 316 g/mol. The number of halogens is 3. The van der Waals surface area contributed by atoms with Crippen LogP contribution in [0.5, 0.6) is 0 Å². The first-order valence-corrected chi connectivity index (χ1v) is 8.01. The van der Waals surface area contributed by atoms with E-state index >= 15 is 0 Å². The number of hydrogen-bond donors (Lipinski definition) is 0. The summed E-state index contributed by atoms with van der Waals surface area (Å²) in [6.07, 6.45) is 3.52. The molecule has 20 heavy (non-hydrogen) atoms. The summed E-state index contributed by atoms with van der Waals surface area (Å²) in [4.78, 5) is 4.85. The highest BCUT2D eigenvalue weighted by molar-refractivity contribution is 6.39. The van der Waals surface area contributed by atoms with Gasteiger partial charge in [0.1, 0.15) is 5.82 Å². The normalized spacial score (nSPS) is 26.9. The van der Waals surface area contributed by atoms with E-state index in [-0.39, 0.29) is 5.82 Å². The smallest absolute Gasteiger partial charge is 0.126 e. The van der Waals surface area contributed by atoms with Gasteiger partial charge in [-0.05, 0) is 37.9 Å². The second-order valence-corrected chi connectivity index (χ2v) is 6.54. The standard InChI is InChI=1S/C15H19Cl2FN2/c1-2-11-8-19-5-3-4-12(19)9-20(11)15-13(16)6-10(18)7-14(15)17/h6-7,11-12H,2-5,8-9H2,1H3. The van der Waals surface area contributed by atoms with Gasteiger partial charge in [0.15, 0.2) is 0 Å². The maximum absolute atomic E-state index is 13.4. The van der Waals surface area contributed by atoms with Gasteiger partial charge in [0.2, 0.25) is 0 Å². The lowest BCUT2D eigenvalue weighted by molar-refractivity contribution is 0.195. The van der Waals surface area contributed by atoms with Crippen molar-refractivity contribution in [1.82, 2.24) is 4.90 Å². The third-order valence-corrected chi connectivity index (χ3v) is 5.11. The minimum Gasteiger partial charge on any atom is -0.363 e. The fourth-order valence-electron chi connectivity index (χ4n) is 3.52. The fraction of sp³-hybridized carbons (Fsp3) is 0.600. The molecule has 2 saturated heterocycles. The van der Waals surface area contributed by atoms with Crippen molar-refractivity contribution < 1.29 is 4.39 Å². The SMILES string of the molecule is CCC1CN2CCCC2CN1c1c(Cl)cc(F)cc1Cl. The summed E-state index contributed by atoms with van der Waals surface area (Å²) in [5, 5.41) is 0.833. The van der Waals surface area contributed by atoms with E-state index in [2.05, 4.69) is 16.7 Å². The molecule has 1 aromatic carbocycles. The summed E-state index contributed by atoms with van der Waals surface area (Å²) in [5.41, 5.74) is 0.799. The Morgan fingerprint density at radius 3 is 2.60 bits per heavy atom. The van der Waals surface area contributed by atoms with Crippen molar-refractivity contribution in [2.45, 2.75) is 38.3 Å². The van der Waals surface area contributed by atoms with Crippen LogP contribution in [-0.2, 0) is 0 Å². The van der Waals surface area contributed by atoms with E-state index in [4.69, 9.17) is 23.2 Å². The van der Waals surface area contributed by atoms with Crippen molar-refractivity contribution in [2.75, 3.05) is 24.5 Å². The minimum absolute atomic E-state index is 0.378. The molecule has 0 amide bonds. The van der Waals surface area contributed by atoms with E-state index in [0.717, 1.165) is 25.2 Å². The van der Waals surface area contributed by atoms with Crippen LogP contribution < -0.4 is 4.90 Å². The lowest BCUT2D eigenvalue weighted by atomic mass is 10.0. The predicted octanol–water partition coefficient (Wildman–Crippen LogP) is 4.20. The minimum atomic E-state index is -0.378. The molecule has 5 heteroatoms. The molecular weight excluding hydrogens is 298 g/mol. The molecule has 0 aliphatic carbocycles. The van der Waals surface area contributed by atoms with Crippen LogP contribution in [0.1, 0.15) is 26.2 Å². The van der Waals surface area contributed by atoms with Crippen LogP contribution >= 0.6 is 23.2 Å². The molecule has 0 spiro atoms. The van der Waals surface area contributed by atoms with E-state index in [1.807, 2.05) is 0 Å². The highest BCUT2D eigenvalue weighted by Gasteiger charge is 2.36. The molecule has 2 nitrogen and oxygen atoms in total. The molecule has 0 radical (unpaired) electrons. The van der Waals surface area contributed by atoms with E-state index in [1.165, 1.54) is 31.5 Å². The molecule has 2 aliphatic heterocycles. The van der Waals surface area contributed by atoms with E-state index in [9.17, 15) is 4.39 Å². The second-order valence-electron chi connectivity index (χ2n) is 5.72. The molecule has 1 aromatic rings. The topological polar surface area (TPSA) is 6.48 Å². The summed E-state index contributed by atoms with van der Waals surface area (Å²) in [7, 11) is 0. The third-order valence-electron chi connectivity index (χ3n) is 4.53. The second kappa shape index (κ2) is 5.70. The Morgan fingerprint density at radius 1 is 1.25 bits per heavy atom. The number of anilines is 1. The number of benzene rings is 1. The molecular formula is C15H19Cl2FN2. The molecule has 0 N–H and O–H groups in total. The van der Waals surface area contributed by atoms with Gasteiger partial charge in [-0.15, -0.1) is 0 Å². The Balaban J connectivity index is 1.95. The van der Waals surface area contributed by atoms with E-state index in [1.54, 1.807) is 0 Å². The Bertz CT molecular complexity index is 486. The summed E-state index contributed by atoms with van der Waals surface area (Å²) in [5.74, 6) is -0.378. The molecule has 2 heterocycles. The number of fused-ring (bicyclic) bond motifs is 1. The molecule has 110 valence electrons. The number of nitrogens with zero attached hydrogens (tertiary/aromatic N) is 2. The van der Waals surface area contributed by atoms with E-state index in [0.29, 0.717) is 22.1 Å². The van der Waals surface area contributed by atoms with Gasteiger partial charge in [-0.3, -0.25) is 4.90 Å². The maximum atomic E-state index is 13.4. The third kappa shape index (κ3) is 2.51. The largest absolute Gasteiger partial charge is 0.363 e. The molecule has 2 aliphatic rings. The van der Waals surface area contributed by atoms with Crippen molar-refractivity contribution in [3.63, 3.8) is 0 Å². The van der Waals surface area contributed by atoms with Crippen LogP contribution in [0.4, 0.5) is 10.1 Å². The zero-order chi connectivity index (χ0) is 14.3. The molecule has 3 rings (SSSR count). The van der Waals surface area contributed by atoms with Crippen LogP contribution in [0.15, 0.2) is 12.1 Å². The van der Waals surface area contributed by atoms with Gasteiger partial charge in [0.05, 0.1) is 15.7 Å². The first kappa shape index (κ1) is 14.4. The zero-order valence-electron chi connectivity index (χ0n) is 11.6.